The van der Waals surface area contributed by atoms with Crippen molar-refractivity contribution in [1.29, 1.82) is 0 Å². The van der Waals surface area contributed by atoms with Gasteiger partial charge in [-0.3, -0.25) is 0 Å². The van der Waals surface area contributed by atoms with Gasteiger partial charge in [-0.15, -0.1) is 0 Å². The molecule has 7 heavy (non-hydrogen) atoms. The zero-order chi connectivity index (χ0) is 4.41. The summed E-state index contributed by atoms with van der Waals surface area (Å²) in [5.41, 5.74) is 0. The molecule has 1 aliphatic heterocycles. The van der Waals surface area contributed by atoms with Crippen LogP contribution >= 0.6 is 0 Å². The van der Waals surface area contributed by atoms with Crippen LogP contribution in [0, 0.1) is 0 Å². The largest absolute Gasteiger partial charge is 1.00 e. The fraction of sp³-hybridized carbons (Fsp3) is 1.00. The van der Waals surface area contributed by atoms with Crippen LogP contribution in [0.1, 0.15) is 8.35 Å². The molecule has 2 nitrogen and oxygen atoms in total. The summed E-state index contributed by atoms with van der Waals surface area (Å²) in [4.78, 5) is 0. The topological polar surface area (TPSA) is 21.8 Å². The van der Waals surface area contributed by atoms with E-state index in [1.807, 2.05) is 6.92 Å². The Morgan fingerprint density at radius 3 is 2.71 bits per heavy atom. The molecule has 1 rings (SSSR count). The van der Waals surface area contributed by atoms with Gasteiger partial charge in [0.1, 0.15) is 6.61 Å². The fourth-order valence-corrected chi connectivity index (χ4v) is 0.321. The first-order valence-electron chi connectivity index (χ1n) is 2.16. The van der Waals surface area contributed by atoms with Crippen molar-refractivity contribution in [2.75, 3.05) is 13.2 Å². The molecule has 3 heteroatoms. The molecule has 0 aliphatic carbocycles. The van der Waals surface area contributed by atoms with Crippen LogP contribution in [0.2, 0.25) is 0 Å². The Balaban J connectivity index is 0. The molecule has 0 bridgehead atoms. The van der Waals surface area contributed by atoms with Gasteiger partial charge in [0.2, 0.25) is 0 Å². The maximum absolute atomic E-state index is 4.93. The van der Waals surface area contributed by atoms with Gasteiger partial charge in [0.25, 0.3) is 0 Å². The molecule has 1 unspecified atom stereocenters. The summed E-state index contributed by atoms with van der Waals surface area (Å²) in [7, 11) is 0. The van der Waals surface area contributed by atoms with Gasteiger partial charge in [-0.25, -0.2) is 0 Å². The Morgan fingerprint density at radius 2 is 2.57 bits per heavy atom. The van der Waals surface area contributed by atoms with Crippen molar-refractivity contribution in [2.45, 2.75) is 13.2 Å². The number of ether oxygens (including phenoxy) is 2. The van der Waals surface area contributed by atoms with Gasteiger partial charge in [-0.2, -0.15) is 0 Å². The minimum Gasteiger partial charge on any atom is -1.00 e. The molecular formula is C4H9KO2. The Hall–Kier alpha value is 1.56. The average molecular weight is 128 g/mol. The SMILES string of the molecule is CCOC1CO1.[H-].[K+]. The number of hydrogen-bond donors (Lipinski definition) is 0. The van der Waals surface area contributed by atoms with Crippen molar-refractivity contribution in [2.24, 2.45) is 0 Å². The average Bonchev–Trinajstić information content (AvgIpc) is 2.21. The smallest absolute Gasteiger partial charge is 1.00 e. The van der Waals surface area contributed by atoms with Crippen LogP contribution in [-0.4, -0.2) is 19.5 Å². The van der Waals surface area contributed by atoms with Gasteiger partial charge >= 0.3 is 51.4 Å². The number of rotatable bonds is 2. The molecule has 1 saturated heterocycles. The summed E-state index contributed by atoms with van der Waals surface area (Å²) in [5.74, 6) is 0. The second-order valence-electron chi connectivity index (χ2n) is 1.22. The van der Waals surface area contributed by atoms with E-state index in [-0.39, 0.29) is 59.1 Å². The third-order valence-corrected chi connectivity index (χ3v) is 0.655. The molecule has 0 aromatic rings. The standard InChI is InChI=1S/C4H8O2.K.H/c1-2-5-4-3-6-4;;/h4H,2-3H2,1H3;;/q;+1;-1. The van der Waals surface area contributed by atoms with Crippen LogP contribution in [-0.2, 0) is 9.47 Å². The number of epoxide rings is 1. The van der Waals surface area contributed by atoms with E-state index in [2.05, 4.69) is 0 Å². The minimum absolute atomic E-state index is 0. The summed E-state index contributed by atoms with van der Waals surface area (Å²) in [5, 5.41) is 0. The molecule has 0 saturated carbocycles. The first-order chi connectivity index (χ1) is 2.93. The van der Waals surface area contributed by atoms with Gasteiger partial charge in [0.15, 0.2) is 6.29 Å². The molecule has 0 amide bonds. The van der Waals surface area contributed by atoms with Gasteiger partial charge in [0, 0.05) is 6.61 Å². The fourth-order valence-electron chi connectivity index (χ4n) is 0.321. The second-order valence-corrected chi connectivity index (χ2v) is 1.22. The van der Waals surface area contributed by atoms with Gasteiger partial charge < -0.3 is 10.9 Å². The van der Waals surface area contributed by atoms with Crippen LogP contribution < -0.4 is 51.4 Å². The molecule has 0 aromatic heterocycles. The van der Waals surface area contributed by atoms with E-state index in [1.165, 1.54) is 0 Å². The zero-order valence-corrected chi connectivity index (χ0v) is 7.93. The van der Waals surface area contributed by atoms with E-state index < -0.39 is 0 Å². The van der Waals surface area contributed by atoms with Crippen LogP contribution in [0.15, 0.2) is 0 Å². The summed E-state index contributed by atoms with van der Waals surface area (Å²) < 4.78 is 9.66. The van der Waals surface area contributed by atoms with Crippen LogP contribution in [0.3, 0.4) is 0 Å². The van der Waals surface area contributed by atoms with E-state index in [9.17, 15) is 0 Å². The van der Waals surface area contributed by atoms with Crippen molar-refractivity contribution < 1.29 is 62.3 Å². The molecule has 0 aromatic carbocycles. The molecule has 1 aliphatic rings. The van der Waals surface area contributed by atoms with E-state index in [1.54, 1.807) is 0 Å². The van der Waals surface area contributed by atoms with Gasteiger partial charge in [-0.05, 0) is 6.92 Å². The minimum atomic E-state index is 0. The van der Waals surface area contributed by atoms with Crippen molar-refractivity contribution in [1.82, 2.24) is 0 Å². The third-order valence-electron chi connectivity index (χ3n) is 0.655. The van der Waals surface area contributed by atoms with Crippen LogP contribution in [0.25, 0.3) is 0 Å². The van der Waals surface area contributed by atoms with E-state index in [0.29, 0.717) is 0 Å². The summed E-state index contributed by atoms with van der Waals surface area (Å²) in [6.45, 7) is 3.53. The monoisotopic (exact) mass is 128 g/mol. The van der Waals surface area contributed by atoms with Crippen LogP contribution in [0.4, 0.5) is 0 Å². The molecule has 1 fully saturated rings. The van der Waals surface area contributed by atoms with Crippen molar-refractivity contribution in [3.05, 3.63) is 0 Å². The van der Waals surface area contributed by atoms with E-state index >= 15 is 0 Å². The molecule has 0 spiro atoms. The summed E-state index contributed by atoms with van der Waals surface area (Å²) in [6, 6.07) is 0. The quantitative estimate of drug-likeness (QED) is 0.303. The molecule has 0 radical (unpaired) electrons. The maximum atomic E-state index is 4.93. The second kappa shape index (κ2) is 4.44. The number of hydrogen-bond acceptors (Lipinski definition) is 2. The van der Waals surface area contributed by atoms with Crippen molar-refractivity contribution in [3.8, 4) is 0 Å². The third kappa shape index (κ3) is 4.09. The normalized spacial score (nSPS) is 26.1. The molecular weight excluding hydrogens is 119 g/mol. The molecule has 0 N–H and O–H groups in total. The van der Waals surface area contributed by atoms with Crippen molar-refractivity contribution >= 4 is 0 Å². The summed E-state index contributed by atoms with van der Waals surface area (Å²) >= 11 is 0. The maximum Gasteiger partial charge on any atom is 1.00 e. The molecule has 38 valence electrons. The van der Waals surface area contributed by atoms with Gasteiger partial charge in [-0.1, -0.05) is 0 Å². The predicted molar refractivity (Wildman–Crippen MR) is 22.5 cm³/mol. The first kappa shape index (κ1) is 8.56. The zero-order valence-electron chi connectivity index (χ0n) is 5.81. The van der Waals surface area contributed by atoms with Gasteiger partial charge in [0.05, 0.1) is 0 Å². The summed E-state index contributed by atoms with van der Waals surface area (Å²) in [6.07, 6.45) is 0.148. The first-order valence-corrected chi connectivity index (χ1v) is 2.16. The van der Waals surface area contributed by atoms with E-state index in [0.717, 1.165) is 13.2 Å². The van der Waals surface area contributed by atoms with E-state index in [4.69, 9.17) is 9.47 Å². The Morgan fingerprint density at radius 1 is 2.00 bits per heavy atom. The Kier molecular flexibility index (Phi) is 5.42. The Bertz CT molecular complexity index is 49.3. The van der Waals surface area contributed by atoms with Crippen LogP contribution in [0.5, 0.6) is 0 Å². The predicted octanol–water partition coefficient (Wildman–Crippen LogP) is -2.50. The Labute approximate surface area is 87.5 Å². The van der Waals surface area contributed by atoms with Crippen molar-refractivity contribution in [3.63, 3.8) is 0 Å². The molecule has 1 atom stereocenters. The molecule has 1 heterocycles.